The summed E-state index contributed by atoms with van der Waals surface area (Å²) >= 11 is 12.6. The first kappa shape index (κ1) is 32.7. The van der Waals surface area contributed by atoms with Crippen LogP contribution in [0.5, 0.6) is 17.2 Å². The average molecular weight is 690 g/mol. The Hall–Kier alpha value is -5.25. The van der Waals surface area contributed by atoms with Gasteiger partial charge in [-0.3, -0.25) is 0 Å². The van der Waals surface area contributed by atoms with Gasteiger partial charge in [0, 0.05) is 23.3 Å². The van der Waals surface area contributed by atoms with Gasteiger partial charge in [0.1, 0.15) is 29.7 Å². The Morgan fingerprint density at radius 1 is 0.771 bits per heavy atom. The summed E-state index contributed by atoms with van der Waals surface area (Å²) in [7, 11) is 0. The van der Waals surface area contributed by atoms with E-state index >= 15 is 0 Å². The first-order valence-corrected chi connectivity index (χ1v) is 15.3. The van der Waals surface area contributed by atoms with Gasteiger partial charge in [0.25, 0.3) is 0 Å². The molecule has 0 saturated heterocycles. The number of aromatic carboxylic acids is 1. The number of alkyl halides is 3. The van der Waals surface area contributed by atoms with Crippen molar-refractivity contribution >= 4 is 29.2 Å². The highest BCUT2D eigenvalue weighted by molar-refractivity contribution is 6.36. The second-order valence-corrected chi connectivity index (χ2v) is 11.6. The highest BCUT2D eigenvalue weighted by Crippen LogP contribution is 2.33. The molecule has 1 heterocycles. The van der Waals surface area contributed by atoms with Gasteiger partial charge in [0.05, 0.1) is 21.8 Å². The number of halogens is 5. The van der Waals surface area contributed by atoms with Gasteiger partial charge in [-0.25, -0.2) is 9.78 Å². The molecule has 0 unspecified atom stereocenters. The topological polar surface area (TPSA) is 73.6 Å². The van der Waals surface area contributed by atoms with E-state index in [1.54, 1.807) is 54.6 Å². The minimum atomic E-state index is -4.40. The van der Waals surface area contributed by atoms with Crippen LogP contribution in [-0.4, -0.2) is 20.6 Å². The molecule has 0 atom stereocenters. The summed E-state index contributed by atoms with van der Waals surface area (Å²) in [6.07, 6.45) is -2.54. The zero-order valence-electron chi connectivity index (χ0n) is 24.9. The van der Waals surface area contributed by atoms with E-state index in [4.69, 9.17) is 37.7 Å². The zero-order valence-corrected chi connectivity index (χ0v) is 26.4. The van der Waals surface area contributed by atoms with E-state index in [0.29, 0.717) is 50.9 Å². The minimum Gasteiger partial charge on any atom is -0.486 e. The molecule has 0 radical (unpaired) electrons. The molecule has 0 aliphatic rings. The smallest absolute Gasteiger partial charge is 0.416 e. The number of aromatic nitrogens is 2. The number of hydrogen-bond donors (Lipinski definition) is 1. The number of ether oxygens (including phenoxy) is 2. The average Bonchev–Trinajstić information content (AvgIpc) is 3.46. The van der Waals surface area contributed by atoms with Gasteiger partial charge < -0.3 is 19.1 Å². The lowest BCUT2D eigenvalue weighted by Gasteiger charge is -2.11. The number of benzene rings is 5. The van der Waals surface area contributed by atoms with E-state index in [0.717, 1.165) is 28.8 Å². The van der Waals surface area contributed by atoms with E-state index in [-0.39, 0.29) is 12.2 Å². The van der Waals surface area contributed by atoms with Crippen molar-refractivity contribution in [3.8, 4) is 39.6 Å². The summed E-state index contributed by atoms with van der Waals surface area (Å²) < 4.78 is 52.2. The molecule has 11 heteroatoms. The monoisotopic (exact) mass is 688 g/mol. The molecule has 0 saturated carbocycles. The Balaban J connectivity index is 1.15. The molecule has 6 nitrogen and oxygen atoms in total. The van der Waals surface area contributed by atoms with E-state index in [2.05, 4.69) is 0 Å². The fourth-order valence-electron chi connectivity index (χ4n) is 4.94. The van der Waals surface area contributed by atoms with Crippen molar-refractivity contribution in [3.63, 3.8) is 0 Å². The third-order valence-electron chi connectivity index (χ3n) is 7.45. The molecule has 1 aromatic heterocycles. The SMILES string of the molecule is O=C(O)c1ccc(Cn2cc(-c3ccc(Cl)cc3Cl)nc2COc2ccc(-c3ccc(Oc4ccc(C(F)(F)F)cc4)cc3)cc2)cc1. The Kier molecular flexibility index (Phi) is 9.43. The van der Waals surface area contributed by atoms with Gasteiger partial charge in [-0.15, -0.1) is 0 Å². The second kappa shape index (κ2) is 13.9. The Morgan fingerprint density at radius 3 is 1.92 bits per heavy atom. The van der Waals surface area contributed by atoms with Crippen molar-refractivity contribution in [2.75, 3.05) is 0 Å². The van der Waals surface area contributed by atoms with Crippen molar-refractivity contribution in [2.24, 2.45) is 0 Å². The molecule has 0 amide bonds. The van der Waals surface area contributed by atoms with Crippen molar-refractivity contribution in [1.82, 2.24) is 9.55 Å². The standard InChI is InChI=1S/C37H25Cl2F3N2O4/c38-28-11-18-32(33(39)19-28)34-21-44(20-23-1-3-26(4-2-23)36(45)46)35(43-34)22-47-29-12-5-24(6-13-29)25-7-14-30(15-8-25)48-31-16-9-27(10-17-31)37(40,41)42/h1-19,21H,20,22H2,(H,45,46). The summed E-state index contributed by atoms with van der Waals surface area (Å²) in [4.78, 5) is 16.1. The number of carbonyl (C=O) groups is 1. The Labute approximate surface area is 283 Å². The summed E-state index contributed by atoms with van der Waals surface area (Å²) in [5, 5.41) is 10.2. The lowest BCUT2D eigenvalue weighted by atomic mass is 10.1. The minimum absolute atomic E-state index is 0.147. The van der Waals surface area contributed by atoms with Crippen LogP contribution in [0.3, 0.4) is 0 Å². The van der Waals surface area contributed by atoms with Gasteiger partial charge in [0.2, 0.25) is 0 Å². The molecule has 6 aromatic rings. The third-order valence-corrected chi connectivity index (χ3v) is 8.00. The third kappa shape index (κ3) is 7.82. The van der Waals surface area contributed by atoms with E-state index in [9.17, 15) is 23.1 Å². The Bertz CT molecular complexity index is 2040. The molecule has 0 spiro atoms. The molecule has 5 aromatic carbocycles. The first-order valence-electron chi connectivity index (χ1n) is 14.5. The normalized spacial score (nSPS) is 11.4. The summed E-state index contributed by atoms with van der Waals surface area (Å²) in [5.74, 6) is 1.05. The van der Waals surface area contributed by atoms with Crippen LogP contribution in [-0.2, 0) is 19.3 Å². The van der Waals surface area contributed by atoms with E-state index in [1.807, 2.05) is 47.2 Å². The van der Waals surface area contributed by atoms with Crippen LogP contribution in [0.1, 0.15) is 27.3 Å². The van der Waals surface area contributed by atoms with Crippen molar-refractivity contribution in [2.45, 2.75) is 19.3 Å². The number of nitrogens with zero attached hydrogens (tertiary/aromatic N) is 2. The van der Waals surface area contributed by atoms with E-state index in [1.165, 1.54) is 12.1 Å². The fourth-order valence-corrected chi connectivity index (χ4v) is 5.44. The van der Waals surface area contributed by atoms with Crippen LogP contribution >= 0.6 is 23.2 Å². The van der Waals surface area contributed by atoms with Crippen LogP contribution < -0.4 is 9.47 Å². The van der Waals surface area contributed by atoms with Crippen LogP contribution in [0.25, 0.3) is 22.4 Å². The quantitative estimate of drug-likeness (QED) is 0.155. The number of carboxylic acid groups (broad SMARTS) is 1. The van der Waals surface area contributed by atoms with Crippen LogP contribution in [0.2, 0.25) is 10.0 Å². The van der Waals surface area contributed by atoms with Crippen molar-refractivity contribution in [1.29, 1.82) is 0 Å². The molecular formula is C37H25Cl2F3N2O4. The number of carboxylic acids is 1. The van der Waals surface area contributed by atoms with E-state index < -0.39 is 17.7 Å². The summed E-state index contributed by atoms with van der Waals surface area (Å²) in [6, 6.07) is 31.1. The molecule has 0 aliphatic heterocycles. The fraction of sp³-hybridized carbons (Fsp3) is 0.0811. The maximum atomic E-state index is 12.8. The number of imidazole rings is 1. The number of hydrogen-bond acceptors (Lipinski definition) is 4. The molecule has 6 rings (SSSR count). The van der Waals surface area contributed by atoms with Crippen molar-refractivity contribution < 1.29 is 32.5 Å². The maximum Gasteiger partial charge on any atom is 0.416 e. The molecular weight excluding hydrogens is 664 g/mol. The lowest BCUT2D eigenvalue weighted by Crippen LogP contribution is -2.08. The number of rotatable bonds is 10. The molecule has 0 aliphatic carbocycles. The molecule has 242 valence electrons. The maximum absolute atomic E-state index is 12.8. The van der Waals surface area contributed by atoms with Crippen molar-refractivity contribution in [3.05, 3.63) is 154 Å². The summed E-state index contributed by atoms with van der Waals surface area (Å²) in [6.45, 7) is 0.571. The largest absolute Gasteiger partial charge is 0.486 e. The van der Waals surface area contributed by atoms with Crippen LogP contribution in [0, 0.1) is 0 Å². The molecule has 48 heavy (non-hydrogen) atoms. The predicted molar refractivity (Wildman–Crippen MR) is 178 cm³/mol. The highest BCUT2D eigenvalue weighted by Gasteiger charge is 2.30. The molecule has 0 bridgehead atoms. The predicted octanol–water partition coefficient (Wildman–Crippen LogP) is 10.7. The zero-order chi connectivity index (χ0) is 33.8. The van der Waals surface area contributed by atoms with Crippen LogP contribution in [0.4, 0.5) is 13.2 Å². The lowest BCUT2D eigenvalue weighted by molar-refractivity contribution is -0.137. The van der Waals surface area contributed by atoms with Gasteiger partial charge in [-0.1, -0.05) is 59.6 Å². The van der Waals surface area contributed by atoms with Gasteiger partial charge in [-0.05, 0) is 95.6 Å². The van der Waals surface area contributed by atoms with Gasteiger partial charge in [0.15, 0.2) is 0 Å². The van der Waals surface area contributed by atoms with Crippen LogP contribution in [0.15, 0.2) is 121 Å². The Morgan fingerprint density at radius 2 is 1.35 bits per heavy atom. The summed E-state index contributed by atoms with van der Waals surface area (Å²) in [5.41, 5.74) is 3.53. The second-order valence-electron chi connectivity index (χ2n) is 10.8. The van der Waals surface area contributed by atoms with Gasteiger partial charge in [-0.2, -0.15) is 13.2 Å². The highest BCUT2D eigenvalue weighted by atomic mass is 35.5. The molecule has 1 N–H and O–H groups in total. The first-order chi connectivity index (χ1) is 23.0. The molecule has 0 fully saturated rings. The van der Waals surface area contributed by atoms with Gasteiger partial charge >= 0.3 is 12.1 Å².